The zero-order valence-electron chi connectivity index (χ0n) is 18.2. The van der Waals surface area contributed by atoms with Crippen LogP contribution < -0.4 is 16.4 Å². The predicted octanol–water partition coefficient (Wildman–Crippen LogP) is 2.61. The average Bonchev–Trinajstić information content (AvgIpc) is 2.66. The van der Waals surface area contributed by atoms with Crippen molar-refractivity contribution in [3.63, 3.8) is 0 Å². The average molecular weight is 515 g/mol. The van der Waals surface area contributed by atoms with E-state index in [1.54, 1.807) is 0 Å². The third-order valence-electron chi connectivity index (χ3n) is 5.39. The number of amides is 1. The van der Waals surface area contributed by atoms with Crippen LogP contribution in [-0.2, 0) is 11.2 Å². The van der Waals surface area contributed by atoms with Crippen molar-refractivity contribution in [1.82, 2.24) is 15.5 Å². The van der Waals surface area contributed by atoms with Crippen LogP contribution >= 0.6 is 24.0 Å². The first-order chi connectivity index (χ1) is 13.5. The summed E-state index contributed by atoms with van der Waals surface area (Å²) >= 11 is 0. The third-order valence-corrected chi connectivity index (χ3v) is 5.39. The third kappa shape index (κ3) is 9.80. The van der Waals surface area contributed by atoms with E-state index >= 15 is 0 Å². The number of rotatable bonds is 9. The number of piperidine rings is 1. The van der Waals surface area contributed by atoms with Crippen molar-refractivity contribution < 1.29 is 4.79 Å². The zero-order chi connectivity index (χ0) is 20.4. The van der Waals surface area contributed by atoms with Crippen molar-refractivity contribution in [3.8, 4) is 0 Å². The molecule has 0 unspecified atom stereocenters. The molecule has 7 heteroatoms. The molecule has 6 nitrogen and oxygen atoms in total. The molecule has 1 aliphatic heterocycles. The van der Waals surface area contributed by atoms with Gasteiger partial charge in [-0.1, -0.05) is 29.3 Å². The maximum absolute atomic E-state index is 11.2. The second-order valence-corrected chi connectivity index (χ2v) is 7.90. The number of halogens is 1. The molecule has 1 fully saturated rings. The standard InChI is InChI=1S/C22H37N5O.HI/c1-17-14-18(2)16-19(15-17)6-10-26-22(24-3)25-9-4-5-11-27-12-7-20(8-13-27)21(23)28;/h14-16,20H,4-13H2,1-3H3,(H2,23,28)(H2,24,25,26);1H. The van der Waals surface area contributed by atoms with Crippen LogP contribution in [0.5, 0.6) is 0 Å². The van der Waals surface area contributed by atoms with Crippen molar-refractivity contribution in [1.29, 1.82) is 0 Å². The van der Waals surface area contributed by atoms with E-state index in [4.69, 9.17) is 5.73 Å². The van der Waals surface area contributed by atoms with Crippen LogP contribution in [-0.4, -0.2) is 56.5 Å². The topological polar surface area (TPSA) is 82.8 Å². The molecule has 0 bridgehead atoms. The highest BCUT2D eigenvalue weighted by Crippen LogP contribution is 2.16. The fraction of sp³-hybridized carbons (Fsp3) is 0.636. The van der Waals surface area contributed by atoms with Gasteiger partial charge in [-0.3, -0.25) is 9.79 Å². The summed E-state index contributed by atoms with van der Waals surface area (Å²) in [5, 5.41) is 6.79. The molecule has 1 aromatic carbocycles. The van der Waals surface area contributed by atoms with Gasteiger partial charge in [0, 0.05) is 26.1 Å². The maximum atomic E-state index is 11.2. The number of benzene rings is 1. The lowest BCUT2D eigenvalue weighted by molar-refractivity contribution is -0.123. The fourth-order valence-corrected chi connectivity index (χ4v) is 3.87. The Morgan fingerprint density at radius 3 is 2.31 bits per heavy atom. The zero-order valence-corrected chi connectivity index (χ0v) is 20.5. The normalized spacial score (nSPS) is 15.6. The number of aliphatic imine (C=N–C) groups is 1. The van der Waals surface area contributed by atoms with E-state index in [1.807, 2.05) is 7.05 Å². The first kappa shape index (κ1) is 25.7. The van der Waals surface area contributed by atoms with E-state index in [0.717, 1.165) is 70.8 Å². The smallest absolute Gasteiger partial charge is 0.220 e. The van der Waals surface area contributed by atoms with Crippen molar-refractivity contribution in [3.05, 3.63) is 34.9 Å². The number of hydrogen-bond donors (Lipinski definition) is 3. The van der Waals surface area contributed by atoms with Gasteiger partial charge >= 0.3 is 0 Å². The Bertz CT molecular complexity index is 636. The molecular weight excluding hydrogens is 477 g/mol. The Morgan fingerprint density at radius 2 is 1.72 bits per heavy atom. The monoisotopic (exact) mass is 515 g/mol. The summed E-state index contributed by atoms with van der Waals surface area (Å²) in [6.45, 7) is 9.14. The minimum Gasteiger partial charge on any atom is -0.369 e. The largest absolute Gasteiger partial charge is 0.369 e. The number of nitrogens with two attached hydrogens (primary N) is 1. The molecule has 1 amide bonds. The Kier molecular flexibility index (Phi) is 12.2. The van der Waals surface area contributed by atoms with E-state index in [1.165, 1.54) is 16.7 Å². The summed E-state index contributed by atoms with van der Waals surface area (Å²) in [5.41, 5.74) is 9.39. The number of guanidine groups is 1. The van der Waals surface area contributed by atoms with Crippen LogP contribution in [0.4, 0.5) is 0 Å². The van der Waals surface area contributed by atoms with Crippen LogP contribution in [0, 0.1) is 19.8 Å². The van der Waals surface area contributed by atoms with Gasteiger partial charge in [0.15, 0.2) is 5.96 Å². The Balaban J connectivity index is 0.00000420. The van der Waals surface area contributed by atoms with E-state index in [2.05, 4.69) is 52.6 Å². The molecule has 0 aliphatic carbocycles. The molecule has 1 aliphatic rings. The number of carbonyl (C=O) groups excluding carboxylic acids is 1. The van der Waals surface area contributed by atoms with Crippen LogP contribution in [0.2, 0.25) is 0 Å². The SMILES string of the molecule is CN=C(NCCCCN1CCC(C(N)=O)CC1)NCCc1cc(C)cc(C)c1.I. The number of likely N-dealkylation sites (tertiary alicyclic amines) is 1. The van der Waals surface area contributed by atoms with Gasteiger partial charge in [0.25, 0.3) is 0 Å². The lowest BCUT2D eigenvalue weighted by atomic mass is 9.96. The summed E-state index contributed by atoms with van der Waals surface area (Å²) < 4.78 is 0. The summed E-state index contributed by atoms with van der Waals surface area (Å²) in [7, 11) is 1.81. The number of nitrogens with zero attached hydrogens (tertiary/aromatic N) is 2. The van der Waals surface area contributed by atoms with Gasteiger partial charge in [-0.25, -0.2) is 0 Å². The molecule has 0 radical (unpaired) electrons. The van der Waals surface area contributed by atoms with Crippen LogP contribution in [0.1, 0.15) is 42.4 Å². The molecule has 4 N–H and O–H groups in total. The second kappa shape index (κ2) is 13.8. The molecule has 164 valence electrons. The lowest BCUT2D eigenvalue weighted by Gasteiger charge is -2.30. The summed E-state index contributed by atoms with van der Waals surface area (Å²) in [6, 6.07) is 6.70. The van der Waals surface area contributed by atoms with E-state index in [9.17, 15) is 4.79 Å². The first-order valence-electron chi connectivity index (χ1n) is 10.5. The van der Waals surface area contributed by atoms with Crippen molar-refractivity contribution in [2.45, 2.75) is 46.0 Å². The van der Waals surface area contributed by atoms with Gasteiger partial charge in [-0.2, -0.15) is 0 Å². The van der Waals surface area contributed by atoms with Gasteiger partial charge in [0.2, 0.25) is 5.91 Å². The number of carbonyl (C=O) groups is 1. The molecule has 2 rings (SSSR count). The maximum Gasteiger partial charge on any atom is 0.220 e. The van der Waals surface area contributed by atoms with Crippen LogP contribution in [0.3, 0.4) is 0 Å². The van der Waals surface area contributed by atoms with Crippen LogP contribution in [0.25, 0.3) is 0 Å². The minimum atomic E-state index is -0.139. The van der Waals surface area contributed by atoms with Crippen molar-refractivity contribution in [2.24, 2.45) is 16.6 Å². The molecule has 0 atom stereocenters. The predicted molar refractivity (Wildman–Crippen MR) is 132 cm³/mol. The van der Waals surface area contributed by atoms with Gasteiger partial charge in [-0.15, -0.1) is 24.0 Å². The Hall–Kier alpha value is -1.35. The van der Waals surface area contributed by atoms with Gasteiger partial charge in [0.1, 0.15) is 0 Å². The van der Waals surface area contributed by atoms with Gasteiger partial charge in [0.05, 0.1) is 0 Å². The minimum absolute atomic E-state index is 0. The quantitative estimate of drug-likeness (QED) is 0.205. The van der Waals surface area contributed by atoms with Crippen molar-refractivity contribution in [2.75, 3.05) is 39.8 Å². The molecule has 0 aromatic heterocycles. The number of hydrogen-bond acceptors (Lipinski definition) is 3. The molecule has 1 saturated heterocycles. The molecule has 1 aromatic rings. The number of unbranched alkanes of at least 4 members (excludes halogenated alkanes) is 1. The highest BCUT2D eigenvalue weighted by atomic mass is 127. The van der Waals surface area contributed by atoms with Crippen LogP contribution in [0.15, 0.2) is 23.2 Å². The second-order valence-electron chi connectivity index (χ2n) is 7.90. The highest BCUT2D eigenvalue weighted by Gasteiger charge is 2.22. The first-order valence-corrected chi connectivity index (χ1v) is 10.5. The van der Waals surface area contributed by atoms with E-state index < -0.39 is 0 Å². The van der Waals surface area contributed by atoms with Crippen molar-refractivity contribution >= 4 is 35.8 Å². The molecular formula is C22H38IN5O. The number of primary amides is 1. The lowest BCUT2D eigenvalue weighted by Crippen LogP contribution is -2.40. The summed E-state index contributed by atoms with van der Waals surface area (Å²) in [6.07, 6.45) is 5.06. The fourth-order valence-electron chi connectivity index (χ4n) is 3.87. The summed E-state index contributed by atoms with van der Waals surface area (Å²) in [4.78, 5) is 18.0. The molecule has 0 spiro atoms. The highest BCUT2D eigenvalue weighted by molar-refractivity contribution is 14.0. The number of aryl methyl sites for hydroxylation is 2. The molecule has 29 heavy (non-hydrogen) atoms. The Morgan fingerprint density at radius 1 is 1.10 bits per heavy atom. The Labute approximate surface area is 193 Å². The van der Waals surface area contributed by atoms with E-state index in [0.29, 0.717) is 0 Å². The van der Waals surface area contributed by atoms with Gasteiger partial charge in [-0.05, 0) is 71.1 Å². The van der Waals surface area contributed by atoms with E-state index in [-0.39, 0.29) is 35.8 Å². The summed E-state index contributed by atoms with van der Waals surface area (Å²) in [5.74, 6) is 0.808. The van der Waals surface area contributed by atoms with Gasteiger partial charge < -0.3 is 21.3 Å². The molecule has 0 saturated carbocycles. The molecule has 1 heterocycles. The number of nitrogens with one attached hydrogen (secondary N) is 2.